The summed E-state index contributed by atoms with van der Waals surface area (Å²) in [5.74, 6) is 1.90. The Morgan fingerprint density at radius 2 is 1.96 bits per heavy atom. The van der Waals surface area contributed by atoms with Crippen LogP contribution in [0.4, 0.5) is 0 Å². The highest BCUT2D eigenvalue weighted by molar-refractivity contribution is 9.13. The number of halogens is 4. The fraction of sp³-hybridized carbons (Fsp3) is 0.667. The molecule has 142 valence electrons. The van der Waals surface area contributed by atoms with Gasteiger partial charge in [0.1, 0.15) is 12.2 Å². The van der Waals surface area contributed by atoms with E-state index in [-0.39, 0.29) is 21.2 Å². The Morgan fingerprint density at radius 1 is 1.23 bits per heavy atom. The monoisotopic (exact) mass is 613 g/mol. The van der Waals surface area contributed by atoms with Gasteiger partial charge >= 0.3 is 0 Å². The molecule has 5 rings (SSSR count). The second-order valence-corrected chi connectivity index (χ2v) is 11.5. The summed E-state index contributed by atoms with van der Waals surface area (Å²) in [6.07, 6.45) is 1.10. The molecule has 1 saturated heterocycles. The average molecular weight is 617 g/mol. The Labute approximate surface area is 186 Å². The largest absolute Gasteiger partial charge is 0.492 e. The van der Waals surface area contributed by atoms with Crippen LogP contribution < -0.4 is 9.47 Å². The van der Waals surface area contributed by atoms with E-state index in [2.05, 4.69) is 75.7 Å². The Hall–Kier alpha value is 0.660. The number of likely N-dealkylation sites (N-methyl/N-ethyl adjacent to an activating group) is 1. The van der Waals surface area contributed by atoms with Gasteiger partial charge in [-0.3, -0.25) is 0 Å². The fourth-order valence-electron chi connectivity index (χ4n) is 5.90. The van der Waals surface area contributed by atoms with Crippen molar-refractivity contribution < 1.29 is 14.6 Å². The molecule has 1 spiro atoms. The van der Waals surface area contributed by atoms with Crippen LogP contribution in [0.5, 0.6) is 11.5 Å². The average Bonchev–Trinajstić information content (AvgIpc) is 2.96. The van der Waals surface area contributed by atoms with Gasteiger partial charge in [0.15, 0.2) is 11.5 Å². The minimum absolute atomic E-state index is 0.0478. The van der Waals surface area contributed by atoms with Crippen molar-refractivity contribution >= 4 is 63.7 Å². The van der Waals surface area contributed by atoms with Gasteiger partial charge < -0.3 is 19.5 Å². The van der Waals surface area contributed by atoms with Crippen molar-refractivity contribution in [1.82, 2.24) is 4.90 Å². The zero-order valence-corrected chi connectivity index (χ0v) is 20.7. The molecule has 4 nitrogen and oxygen atoms in total. The van der Waals surface area contributed by atoms with E-state index < -0.39 is 6.10 Å². The van der Waals surface area contributed by atoms with Gasteiger partial charge in [0.25, 0.3) is 0 Å². The lowest BCUT2D eigenvalue weighted by atomic mass is 9.51. The van der Waals surface area contributed by atoms with Crippen LogP contribution in [0.2, 0.25) is 0 Å². The molecule has 2 aliphatic carbocycles. The highest BCUT2D eigenvalue weighted by atomic mass is 79.9. The second kappa shape index (κ2) is 6.08. The van der Waals surface area contributed by atoms with Crippen LogP contribution >= 0.6 is 63.7 Å². The van der Waals surface area contributed by atoms with Crippen molar-refractivity contribution in [3.05, 3.63) is 20.1 Å². The number of aliphatic hydroxyl groups is 1. The van der Waals surface area contributed by atoms with E-state index in [1.165, 1.54) is 11.1 Å². The van der Waals surface area contributed by atoms with Crippen LogP contribution in [-0.2, 0) is 11.8 Å². The topological polar surface area (TPSA) is 41.9 Å². The van der Waals surface area contributed by atoms with Crippen LogP contribution in [-0.4, -0.2) is 58.6 Å². The number of methoxy groups -OCH3 is 1. The Balaban J connectivity index is 1.86. The summed E-state index contributed by atoms with van der Waals surface area (Å²) in [6, 6.07) is 0.404. The predicted molar refractivity (Wildman–Crippen MR) is 114 cm³/mol. The number of piperidine rings is 1. The smallest absolute Gasteiger partial charge is 0.176 e. The maximum atomic E-state index is 11.1. The number of alkyl halides is 2. The number of benzene rings is 1. The van der Waals surface area contributed by atoms with Crippen LogP contribution in [0, 0.1) is 5.92 Å². The number of nitrogens with zero attached hydrogens (tertiary/aromatic N) is 1. The van der Waals surface area contributed by atoms with Crippen molar-refractivity contribution in [2.24, 2.45) is 5.92 Å². The Kier molecular flexibility index (Phi) is 4.37. The first-order valence-electron chi connectivity index (χ1n) is 8.76. The minimum atomic E-state index is -0.583. The lowest BCUT2D eigenvalue weighted by Gasteiger charge is -2.61. The molecular formula is C18H19Br4NO3. The standard InChI is InChI=1S/C18H19Br4NO3/c1-23-4-3-18-8-6-5-7(23)9(18)11(20)12(21)14(24)17(18)26-15(8)16(25-2)13(22)10(6)19/h7,9,11-12,14,17,24H,3-5H2,1-2H3/t7-,9-,11-,12+,14+,17+,18-/m1/s1. The highest BCUT2D eigenvalue weighted by Crippen LogP contribution is 2.67. The lowest BCUT2D eigenvalue weighted by Crippen LogP contribution is -2.72. The van der Waals surface area contributed by atoms with Gasteiger partial charge in [0.05, 0.1) is 16.4 Å². The molecule has 2 fully saturated rings. The zero-order valence-electron chi connectivity index (χ0n) is 14.3. The van der Waals surface area contributed by atoms with Gasteiger partial charge in [0.2, 0.25) is 0 Å². The molecule has 2 bridgehead atoms. The molecule has 26 heavy (non-hydrogen) atoms. The number of aliphatic hydroxyl groups excluding tert-OH is 1. The molecule has 0 amide bonds. The third-order valence-electron chi connectivity index (χ3n) is 6.96. The van der Waals surface area contributed by atoms with Crippen molar-refractivity contribution in [3.8, 4) is 11.5 Å². The van der Waals surface area contributed by atoms with E-state index in [4.69, 9.17) is 9.47 Å². The van der Waals surface area contributed by atoms with Crippen LogP contribution in [0.3, 0.4) is 0 Å². The molecule has 1 N–H and O–H groups in total. The molecule has 2 aliphatic heterocycles. The lowest BCUT2D eigenvalue weighted by molar-refractivity contribution is -0.0908. The predicted octanol–water partition coefficient (Wildman–Crippen LogP) is 4.00. The van der Waals surface area contributed by atoms with Gasteiger partial charge in [-0.05, 0) is 63.9 Å². The maximum Gasteiger partial charge on any atom is 0.176 e. The van der Waals surface area contributed by atoms with E-state index in [1.807, 2.05) is 0 Å². The highest BCUT2D eigenvalue weighted by Gasteiger charge is 2.69. The third-order valence-corrected chi connectivity index (χ3v) is 12.1. The number of hydrogen-bond donors (Lipinski definition) is 1. The maximum absolute atomic E-state index is 11.1. The van der Waals surface area contributed by atoms with Crippen LogP contribution in [0.15, 0.2) is 8.95 Å². The molecule has 1 aromatic carbocycles. The first kappa shape index (κ1) is 18.7. The summed E-state index contributed by atoms with van der Waals surface area (Å²) < 4.78 is 14.2. The minimum Gasteiger partial charge on any atom is -0.492 e. The molecule has 7 atom stereocenters. The van der Waals surface area contributed by atoms with E-state index in [0.29, 0.717) is 12.0 Å². The molecule has 1 saturated carbocycles. The first-order valence-corrected chi connectivity index (χ1v) is 12.2. The number of ether oxygens (including phenoxy) is 2. The van der Waals surface area contributed by atoms with E-state index in [0.717, 1.165) is 39.8 Å². The molecular weight excluding hydrogens is 598 g/mol. The fourth-order valence-corrected chi connectivity index (χ4v) is 8.76. The molecule has 2 heterocycles. The van der Waals surface area contributed by atoms with Crippen molar-refractivity contribution in [2.75, 3.05) is 20.7 Å². The van der Waals surface area contributed by atoms with Crippen LogP contribution in [0.25, 0.3) is 0 Å². The van der Waals surface area contributed by atoms with Crippen molar-refractivity contribution in [3.63, 3.8) is 0 Å². The molecule has 4 aliphatic rings. The number of likely N-dealkylation sites (tertiary alicyclic amines) is 1. The van der Waals surface area contributed by atoms with Crippen molar-refractivity contribution in [1.29, 1.82) is 0 Å². The Bertz CT molecular complexity index is 805. The van der Waals surface area contributed by atoms with E-state index in [9.17, 15) is 5.11 Å². The quantitative estimate of drug-likeness (QED) is 0.485. The van der Waals surface area contributed by atoms with Gasteiger partial charge in [-0.2, -0.15) is 0 Å². The van der Waals surface area contributed by atoms with Crippen molar-refractivity contribution in [2.45, 2.75) is 46.2 Å². The second-order valence-electron chi connectivity index (χ2n) is 7.83. The molecule has 1 aromatic rings. The summed E-state index contributed by atoms with van der Waals surface area (Å²) in [7, 11) is 3.89. The number of rotatable bonds is 1. The Morgan fingerprint density at radius 3 is 2.65 bits per heavy atom. The SMILES string of the molecule is COc1c(Br)c(Br)c2c3c1O[C@H]1[C@@H](O)[C@@H](Br)[C@H](Br)[C@H]4[C@@H](C2)N(C)CC[C@@]341. The summed E-state index contributed by atoms with van der Waals surface area (Å²) >= 11 is 15.2. The summed E-state index contributed by atoms with van der Waals surface area (Å²) in [6.45, 7) is 1.01. The third kappa shape index (κ3) is 2.02. The zero-order chi connectivity index (χ0) is 18.5. The van der Waals surface area contributed by atoms with E-state index in [1.54, 1.807) is 7.11 Å². The molecule has 0 aromatic heterocycles. The molecule has 8 heteroatoms. The van der Waals surface area contributed by atoms with Gasteiger partial charge in [-0.1, -0.05) is 31.9 Å². The summed E-state index contributed by atoms with van der Waals surface area (Å²) in [5.41, 5.74) is 2.36. The van der Waals surface area contributed by atoms with Gasteiger partial charge in [-0.15, -0.1) is 0 Å². The summed E-state index contributed by atoms with van der Waals surface area (Å²) in [4.78, 5) is 2.61. The molecule has 0 radical (unpaired) electrons. The number of hydrogen-bond acceptors (Lipinski definition) is 4. The first-order chi connectivity index (χ1) is 12.3. The van der Waals surface area contributed by atoms with Gasteiger partial charge in [0, 0.05) is 32.2 Å². The normalized spacial score (nSPS) is 43.0. The van der Waals surface area contributed by atoms with Gasteiger partial charge in [-0.25, -0.2) is 0 Å². The molecule has 0 unspecified atom stereocenters. The summed E-state index contributed by atoms with van der Waals surface area (Å²) in [5, 5.41) is 11.1. The van der Waals surface area contributed by atoms with E-state index >= 15 is 0 Å². The van der Waals surface area contributed by atoms with Crippen LogP contribution in [0.1, 0.15) is 17.5 Å².